The average Bonchev–Trinajstić information content (AvgIpc) is 2.39. The van der Waals surface area contributed by atoms with Crippen LogP contribution in [0.2, 0.25) is 0 Å². The first kappa shape index (κ1) is 17.3. The van der Waals surface area contributed by atoms with E-state index in [1.165, 1.54) is 0 Å². The molecule has 0 bridgehead atoms. The maximum absolute atomic E-state index is 11.9. The number of carboxylic acid groups (broad SMARTS) is 1. The van der Waals surface area contributed by atoms with Gasteiger partial charge in [-0.15, -0.1) is 0 Å². The van der Waals surface area contributed by atoms with Gasteiger partial charge in [-0.25, -0.2) is 9.59 Å². The van der Waals surface area contributed by atoms with Crippen LogP contribution in [0.3, 0.4) is 0 Å². The van der Waals surface area contributed by atoms with Crippen LogP contribution in [-0.2, 0) is 9.59 Å². The van der Waals surface area contributed by atoms with Gasteiger partial charge in [-0.2, -0.15) is 0 Å². The second kappa shape index (κ2) is 7.85. The van der Waals surface area contributed by atoms with Crippen molar-refractivity contribution in [2.24, 2.45) is 17.6 Å². The van der Waals surface area contributed by atoms with Crippen molar-refractivity contribution in [1.82, 2.24) is 10.6 Å². The molecule has 0 aromatic heterocycles. The Morgan fingerprint density at radius 3 is 2.52 bits per heavy atom. The van der Waals surface area contributed by atoms with Crippen LogP contribution in [0.4, 0.5) is 4.79 Å². The Hall–Kier alpha value is -1.79. The van der Waals surface area contributed by atoms with Crippen molar-refractivity contribution in [3.8, 4) is 0 Å². The summed E-state index contributed by atoms with van der Waals surface area (Å²) in [6, 6.07) is -1.55. The summed E-state index contributed by atoms with van der Waals surface area (Å²) in [7, 11) is 0. The molecule has 4 atom stereocenters. The Kier molecular flexibility index (Phi) is 6.45. The Morgan fingerprint density at radius 1 is 1.29 bits per heavy atom. The molecular formula is C14H25N3O4. The zero-order valence-electron chi connectivity index (χ0n) is 12.6. The lowest BCUT2D eigenvalue weighted by molar-refractivity contribution is -0.139. The van der Waals surface area contributed by atoms with Crippen LogP contribution in [0.5, 0.6) is 0 Å². The molecule has 0 aromatic carbocycles. The third-order valence-electron chi connectivity index (χ3n) is 4.31. The molecule has 21 heavy (non-hydrogen) atoms. The van der Waals surface area contributed by atoms with Crippen LogP contribution >= 0.6 is 0 Å². The van der Waals surface area contributed by atoms with Crippen LogP contribution < -0.4 is 16.4 Å². The van der Waals surface area contributed by atoms with E-state index in [0.717, 1.165) is 19.3 Å². The van der Waals surface area contributed by atoms with Crippen LogP contribution in [0, 0.1) is 11.8 Å². The molecule has 0 heterocycles. The lowest BCUT2D eigenvalue weighted by Gasteiger charge is -2.34. The number of carboxylic acids is 1. The van der Waals surface area contributed by atoms with Gasteiger partial charge in [0.15, 0.2) is 0 Å². The second-order valence-electron chi connectivity index (χ2n) is 5.89. The number of aliphatic carboxylic acids is 1. The highest BCUT2D eigenvalue weighted by Gasteiger charge is 2.29. The number of rotatable bonds is 6. The van der Waals surface area contributed by atoms with Gasteiger partial charge in [-0.1, -0.05) is 26.7 Å². The van der Waals surface area contributed by atoms with Crippen LogP contribution in [0.15, 0.2) is 0 Å². The summed E-state index contributed by atoms with van der Waals surface area (Å²) in [5, 5.41) is 14.3. The molecule has 0 radical (unpaired) electrons. The molecule has 1 rings (SSSR count). The van der Waals surface area contributed by atoms with E-state index in [2.05, 4.69) is 24.5 Å². The van der Waals surface area contributed by atoms with Crippen molar-refractivity contribution < 1.29 is 19.5 Å². The molecule has 0 saturated heterocycles. The fourth-order valence-electron chi connectivity index (χ4n) is 2.70. The SMILES string of the molecule is CC1CCCC(NC(=O)N[C@@H](CCC(N)=O)C(=O)O)C1C. The molecule has 0 aliphatic heterocycles. The van der Waals surface area contributed by atoms with Crippen molar-refractivity contribution >= 4 is 17.9 Å². The Morgan fingerprint density at radius 2 is 1.95 bits per heavy atom. The normalized spacial score (nSPS) is 26.7. The van der Waals surface area contributed by atoms with E-state index < -0.39 is 23.9 Å². The molecule has 5 N–H and O–H groups in total. The van der Waals surface area contributed by atoms with Crippen LogP contribution in [0.1, 0.15) is 46.0 Å². The molecule has 3 unspecified atom stereocenters. The smallest absolute Gasteiger partial charge is 0.326 e. The zero-order chi connectivity index (χ0) is 16.0. The lowest BCUT2D eigenvalue weighted by Crippen LogP contribution is -2.52. The summed E-state index contributed by atoms with van der Waals surface area (Å²) >= 11 is 0. The minimum absolute atomic E-state index is 0.00525. The van der Waals surface area contributed by atoms with E-state index in [0.29, 0.717) is 11.8 Å². The number of hydrogen-bond acceptors (Lipinski definition) is 3. The van der Waals surface area contributed by atoms with E-state index in [-0.39, 0.29) is 18.9 Å². The summed E-state index contributed by atoms with van der Waals surface area (Å²) in [5.41, 5.74) is 4.99. The van der Waals surface area contributed by atoms with Gasteiger partial charge in [0.25, 0.3) is 0 Å². The van der Waals surface area contributed by atoms with E-state index in [1.807, 2.05) is 0 Å². The molecule has 1 saturated carbocycles. The minimum Gasteiger partial charge on any atom is -0.480 e. The van der Waals surface area contributed by atoms with E-state index in [4.69, 9.17) is 10.8 Å². The highest BCUT2D eigenvalue weighted by atomic mass is 16.4. The van der Waals surface area contributed by atoms with Gasteiger partial charge < -0.3 is 21.5 Å². The highest BCUT2D eigenvalue weighted by Crippen LogP contribution is 2.29. The fraction of sp³-hybridized carbons (Fsp3) is 0.786. The number of nitrogens with one attached hydrogen (secondary N) is 2. The predicted molar refractivity (Wildman–Crippen MR) is 77.5 cm³/mol. The summed E-state index contributed by atoms with van der Waals surface area (Å²) in [6.45, 7) is 4.25. The number of hydrogen-bond donors (Lipinski definition) is 4. The number of amides is 3. The molecule has 1 fully saturated rings. The number of urea groups is 1. The molecule has 120 valence electrons. The van der Waals surface area contributed by atoms with Crippen molar-refractivity contribution in [1.29, 1.82) is 0 Å². The number of nitrogens with two attached hydrogens (primary N) is 1. The monoisotopic (exact) mass is 299 g/mol. The first-order chi connectivity index (χ1) is 9.81. The van der Waals surface area contributed by atoms with Crippen molar-refractivity contribution in [3.05, 3.63) is 0 Å². The second-order valence-corrected chi connectivity index (χ2v) is 5.89. The van der Waals surface area contributed by atoms with Gasteiger partial charge in [-0.05, 0) is 24.7 Å². The van der Waals surface area contributed by atoms with E-state index >= 15 is 0 Å². The summed E-state index contributed by atoms with van der Waals surface area (Å²) in [6.07, 6.45) is 3.03. The van der Waals surface area contributed by atoms with Crippen molar-refractivity contribution in [2.75, 3.05) is 0 Å². The molecule has 0 spiro atoms. The predicted octanol–water partition coefficient (Wildman–Crippen LogP) is 0.829. The number of primary amides is 1. The van der Waals surface area contributed by atoms with Gasteiger partial charge in [0, 0.05) is 12.5 Å². The molecule has 1 aliphatic rings. The fourth-order valence-corrected chi connectivity index (χ4v) is 2.70. The molecule has 0 aromatic rings. The van der Waals surface area contributed by atoms with E-state index in [9.17, 15) is 14.4 Å². The third-order valence-corrected chi connectivity index (χ3v) is 4.31. The topological polar surface area (TPSA) is 122 Å². The van der Waals surface area contributed by atoms with Gasteiger partial charge in [0.2, 0.25) is 5.91 Å². The zero-order valence-corrected chi connectivity index (χ0v) is 12.6. The number of carbonyl (C=O) groups excluding carboxylic acids is 2. The Bertz CT molecular complexity index is 400. The Balaban J connectivity index is 2.49. The Labute approximate surface area is 124 Å². The highest BCUT2D eigenvalue weighted by molar-refractivity contribution is 5.83. The minimum atomic E-state index is -1.17. The maximum atomic E-state index is 11.9. The molecule has 7 nitrogen and oxygen atoms in total. The van der Waals surface area contributed by atoms with E-state index in [1.54, 1.807) is 0 Å². The first-order valence-corrected chi connectivity index (χ1v) is 7.39. The van der Waals surface area contributed by atoms with Crippen molar-refractivity contribution in [2.45, 2.75) is 58.0 Å². The molecule has 7 heteroatoms. The first-order valence-electron chi connectivity index (χ1n) is 7.39. The van der Waals surface area contributed by atoms with Crippen LogP contribution in [-0.4, -0.2) is 35.1 Å². The summed E-state index contributed by atoms with van der Waals surface area (Å²) < 4.78 is 0. The summed E-state index contributed by atoms with van der Waals surface area (Å²) in [4.78, 5) is 33.7. The quantitative estimate of drug-likeness (QED) is 0.580. The maximum Gasteiger partial charge on any atom is 0.326 e. The summed E-state index contributed by atoms with van der Waals surface area (Å²) in [5.74, 6) is -0.859. The molecular weight excluding hydrogens is 274 g/mol. The van der Waals surface area contributed by atoms with Gasteiger partial charge in [-0.3, -0.25) is 4.79 Å². The van der Waals surface area contributed by atoms with Gasteiger partial charge in [0.1, 0.15) is 6.04 Å². The largest absolute Gasteiger partial charge is 0.480 e. The van der Waals surface area contributed by atoms with Gasteiger partial charge in [0.05, 0.1) is 0 Å². The van der Waals surface area contributed by atoms with Crippen LogP contribution in [0.25, 0.3) is 0 Å². The molecule has 1 aliphatic carbocycles. The molecule has 3 amide bonds. The standard InChI is InChI=1S/C14H25N3O4/c1-8-4-3-5-10(9(8)2)16-14(21)17-11(13(19)20)6-7-12(15)18/h8-11H,3-7H2,1-2H3,(H2,15,18)(H,19,20)(H2,16,17,21)/t8?,9?,10?,11-/m0/s1. The van der Waals surface area contributed by atoms with Crippen molar-refractivity contribution in [3.63, 3.8) is 0 Å². The lowest BCUT2D eigenvalue weighted by atomic mass is 9.78. The van der Waals surface area contributed by atoms with Gasteiger partial charge >= 0.3 is 12.0 Å². The third kappa shape index (κ3) is 5.61. The average molecular weight is 299 g/mol. The number of carbonyl (C=O) groups is 3.